The number of benzene rings is 1. The van der Waals surface area contributed by atoms with Gasteiger partial charge in [0.1, 0.15) is 0 Å². The summed E-state index contributed by atoms with van der Waals surface area (Å²) >= 11 is 0. The van der Waals surface area contributed by atoms with Crippen molar-refractivity contribution in [2.75, 3.05) is 56.2 Å². The molecule has 174 valence electrons. The molecule has 0 bridgehead atoms. The maximum Gasteiger partial charge on any atom is 0.268 e. The number of nitrogens with zero attached hydrogens (tertiary/aromatic N) is 4. The van der Waals surface area contributed by atoms with Crippen LogP contribution in [0, 0.1) is 12.8 Å². The average molecular weight is 442 g/mol. The van der Waals surface area contributed by atoms with Crippen LogP contribution in [0.2, 0.25) is 0 Å². The fraction of sp³-hybridized carbons (Fsp3) is 0.542. The molecule has 1 amide bonds. The second-order valence-corrected chi connectivity index (χ2v) is 8.26. The third-order valence-electron chi connectivity index (χ3n) is 5.94. The number of hydrogen-bond acceptors (Lipinski definition) is 6. The van der Waals surface area contributed by atoms with Crippen LogP contribution >= 0.6 is 0 Å². The van der Waals surface area contributed by atoms with Crippen LogP contribution in [0.4, 0.5) is 11.4 Å². The smallest absolute Gasteiger partial charge is 0.268 e. The van der Waals surface area contributed by atoms with Gasteiger partial charge in [0.2, 0.25) is 5.91 Å². The molecule has 1 N–H and O–H groups in total. The van der Waals surface area contributed by atoms with E-state index < -0.39 is 0 Å². The zero-order valence-corrected chi connectivity index (χ0v) is 19.4. The number of hydrogen-bond donors (Lipinski definition) is 1. The largest absolute Gasteiger partial charge is 0.383 e. The van der Waals surface area contributed by atoms with Gasteiger partial charge in [-0.2, -0.15) is 5.10 Å². The van der Waals surface area contributed by atoms with Gasteiger partial charge in [-0.3, -0.25) is 9.59 Å². The van der Waals surface area contributed by atoms with Crippen molar-refractivity contribution >= 4 is 17.3 Å². The maximum atomic E-state index is 12.6. The molecule has 0 spiro atoms. The van der Waals surface area contributed by atoms with Gasteiger partial charge in [-0.15, -0.1) is 0 Å². The first-order valence-corrected chi connectivity index (χ1v) is 11.4. The van der Waals surface area contributed by atoms with Crippen molar-refractivity contribution in [2.45, 2.75) is 33.2 Å². The molecule has 1 aliphatic heterocycles. The molecule has 32 heavy (non-hydrogen) atoms. The van der Waals surface area contributed by atoms with E-state index in [-0.39, 0.29) is 17.4 Å². The lowest BCUT2D eigenvalue weighted by Crippen LogP contribution is -2.35. The summed E-state index contributed by atoms with van der Waals surface area (Å²) in [5, 5.41) is 7.32. The minimum Gasteiger partial charge on any atom is -0.383 e. The molecule has 0 radical (unpaired) electrons. The topological polar surface area (TPSA) is 79.7 Å². The van der Waals surface area contributed by atoms with Crippen LogP contribution in [-0.4, -0.2) is 62.1 Å². The highest BCUT2D eigenvalue weighted by atomic mass is 16.5. The summed E-state index contributed by atoms with van der Waals surface area (Å²) in [6.07, 6.45) is 3.37. The van der Waals surface area contributed by atoms with Gasteiger partial charge in [0, 0.05) is 51.6 Å². The van der Waals surface area contributed by atoms with Crippen molar-refractivity contribution in [3.8, 4) is 0 Å². The Morgan fingerprint density at radius 3 is 2.91 bits per heavy atom. The summed E-state index contributed by atoms with van der Waals surface area (Å²) in [4.78, 5) is 29.3. The summed E-state index contributed by atoms with van der Waals surface area (Å²) in [6.45, 7) is 8.99. The van der Waals surface area contributed by atoms with E-state index in [2.05, 4.69) is 58.3 Å². The fourth-order valence-electron chi connectivity index (χ4n) is 4.07. The van der Waals surface area contributed by atoms with E-state index in [0.29, 0.717) is 26.2 Å². The number of nitrogens with one attached hydrogen (secondary N) is 1. The maximum absolute atomic E-state index is 12.6. The zero-order chi connectivity index (χ0) is 22.9. The van der Waals surface area contributed by atoms with Crippen LogP contribution in [0.5, 0.6) is 0 Å². The Bertz CT molecular complexity index is 945. The Hall–Kier alpha value is -2.87. The van der Waals surface area contributed by atoms with Crippen LogP contribution in [0.3, 0.4) is 0 Å². The number of methoxy groups -OCH3 is 1. The van der Waals surface area contributed by atoms with Crippen molar-refractivity contribution in [1.29, 1.82) is 0 Å². The van der Waals surface area contributed by atoms with Crippen LogP contribution < -0.4 is 20.7 Å². The summed E-state index contributed by atoms with van der Waals surface area (Å²) in [7, 11) is 1.60. The van der Waals surface area contributed by atoms with E-state index in [4.69, 9.17) is 4.74 Å². The van der Waals surface area contributed by atoms with Gasteiger partial charge in [0.25, 0.3) is 5.56 Å². The zero-order valence-electron chi connectivity index (χ0n) is 19.4. The lowest BCUT2D eigenvalue weighted by Gasteiger charge is -2.23. The number of aromatic nitrogens is 2. The predicted molar refractivity (Wildman–Crippen MR) is 127 cm³/mol. The standard InChI is InChI=1S/C24H35N5O3/c1-4-27(21-8-5-7-19(2)15-21)11-6-10-25-24(31)20-9-12-28(18-20)22-16-23(30)29(26-17-22)13-14-32-3/h5,7-8,15-17,20H,4,6,9-14,18H2,1-3H3,(H,25,31). The minimum absolute atomic E-state index is 0.0648. The van der Waals surface area contributed by atoms with Gasteiger partial charge >= 0.3 is 0 Å². The number of anilines is 2. The molecule has 1 fully saturated rings. The average Bonchev–Trinajstić information content (AvgIpc) is 3.28. The lowest BCUT2D eigenvalue weighted by molar-refractivity contribution is -0.124. The molecule has 1 unspecified atom stereocenters. The number of carbonyl (C=O) groups is 1. The van der Waals surface area contributed by atoms with E-state index in [1.165, 1.54) is 15.9 Å². The molecule has 3 rings (SSSR count). The number of carbonyl (C=O) groups excluding carboxylic acids is 1. The molecule has 8 nitrogen and oxygen atoms in total. The Labute approximate surface area is 190 Å². The van der Waals surface area contributed by atoms with E-state index in [0.717, 1.165) is 38.2 Å². The van der Waals surface area contributed by atoms with E-state index in [1.54, 1.807) is 19.4 Å². The van der Waals surface area contributed by atoms with Gasteiger partial charge in [-0.25, -0.2) is 4.68 Å². The molecule has 2 aromatic rings. The fourth-order valence-corrected chi connectivity index (χ4v) is 4.07. The molecular weight excluding hydrogens is 406 g/mol. The van der Waals surface area contributed by atoms with Crippen molar-refractivity contribution < 1.29 is 9.53 Å². The summed E-state index contributed by atoms with van der Waals surface area (Å²) in [5.41, 5.74) is 3.10. The van der Waals surface area contributed by atoms with E-state index >= 15 is 0 Å². The summed E-state index contributed by atoms with van der Waals surface area (Å²) in [5.74, 6) is 0.0254. The molecule has 8 heteroatoms. The number of rotatable bonds is 11. The quantitative estimate of drug-likeness (QED) is 0.538. The van der Waals surface area contributed by atoms with E-state index in [9.17, 15) is 9.59 Å². The molecule has 1 aliphatic rings. The number of amides is 1. The van der Waals surface area contributed by atoms with Gasteiger partial charge in [-0.1, -0.05) is 12.1 Å². The Kier molecular flexibility index (Phi) is 8.67. The van der Waals surface area contributed by atoms with Crippen molar-refractivity contribution in [1.82, 2.24) is 15.1 Å². The van der Waals surface area contributed by atoms with E-state index in [1.807, 2.05) is 0 Å². The second-order valence-electron chi connectivity index (χ2n) is 8.26. The molecule has 1 aromatic heterocycles. The SMILES string of the molecule is CCN(CCCNC(=O)C1CCN(c2cnn(CCOC)c(=O)c2)C1)c1cccc(C)c1. The van der Waals surface area contributed by atoms with Gasteiger partial charge in [0.05, 0.1) is 31.0 Å². The predicted octanol–water partition coefficient (Wildman–Crippen LogP) is 2.06. The Morgan fingerprint density at radius 1 is 1.34 bits per heavy atom. The summed E-state index contributed by atoms with van der Waals surface area (Å²) in [6, 6.07) is 10.1. The van der Waals surface area contributed by atoms with Crippen molar-refractivity contribution in [2.24, 2.45) is 5.92 Å². The number of ether oxygens (including phenoxy) is 1. The molecular formula is C24H35N5O3. The van der Waals surface area contributed by atoms with Gasteiger partial charge < -0.3 is 19.9 Å². The van der Waals surface area contributed by atoms with Crippen LogP contribution in [0.15, 0.2) is 41.3 Å². The molecule has 0 aliphatic carbocycles. The molecule has 0 saturated carbocycles. The molecule has 1 atom stereocenters. The van der Waals surface area contributed by atoms with Crippen molar-refractivity contribution in [3.63, 3.8) is 0 Å². The van der Waals surface area contributed by atoms with Crippen LogP contribution in [0.25, 0.3) is 0 Å². The Balaban J connectivity index is 1.44. The van der Waals surface area contributed by atoms with Gasteiger partial charge in [-0.05, 0) is 44.4 Å². The first-order chi connectivity index (χ1) is 15.5. The third-order valence-corrected chi connectivity index (χ3v) is 5.94. The second kappa shape index (κ2) is 11.7. The molecule has 1 aromatic carbocycles. The monoisotopic (exact) mass is 441 g/mol. The molecule has 1 saturated heterocycles. The highest BCUT2D eigenvalue weighted by molar-refractivity contribution is 5.80. The lowest BCUT2D eigenvalue weighted by atomic mass is 10.1. The highest BCUT2D eigenvalue weighted by Crippen LogP contribution is 2.22. The first-order valence-electron chi connectivity index (χ1n) is 11.4. The minimum atomic E-state index is -0.151. The van der Waals surface area contributed by atoms with Crippen LogP contribution in [-0.2, 0) is 16.1 Å². The first kappa shape index (κ1) is 23.8. The van der Waals surface area contributed by atoms with Crippen molar-refractivity contribution in [3.05, 3.63) is 52.4 Å². The summed E-state index contributed by atoms with van der Waals surface area (Å²) < 4.78 is 6.39. The normalized spacial score (nSPS) is 15.7. The highest BCUT2D eigenvalue weighted by Gasteiger charge is 2.28. The molecule has 2 heterocycles. The number of aryl methyl sites for hydroxylation is 1. The van der Waals surface area contributed by atoms with Crippen LogP contribution in [0.1, 0.15) is 25.3 Å². The third kappa shape index (κ3) is 6.32. The Morgan fingerprint density at radius 2 is 2.19 bits per heavy atom. The van der Waals surface area contributed by atoms with Gasteiger partial charge in [0.15, 0.2) is 0 Å².